The van der Waals surface area contributed by atoms with Crippen LogP contribution in [-0.4, -0.2) is 13.7 Å². The Morgan fingerprint density at radius 3 is 1.26 bits per heavy atom. The molecule has 0 unspecified atom stereocenters. The number of hydrogen-bond acceptors (Lipinski definition) is 2. The van der Waals surface area contributed by atoms with Gasteiger partial charge in [-0.1, -0.05) is 115 Å². The van der Waals surface area contributed by atoms with Gasteiger partial charge in [0.1, 0.15) is 0 Å². The molecule has 5 heteroatoms. The summed E-state index contributed by atoms with van der Waals surface area (Å²) in [7, 11) is 0. The van der Waals surface area contributed by atoms with Crippen molar-refractivity contribution in [1.29, 1.82) is 0 Å². The molecule has 65 heavy (non-hydrogen) atoms. The first-order valence-corrected chi connectivity index (χ1v) is 23.8. The molecule has 5 aromatic heterocycles. The smallest absolute Gasteiger partial charge is 0.0555 e. The third-order valence-electron chi connectivity index (χ3n) is 13.8. The number of hydrogen-bond donors (Lipinski definition) is 0. The SMILES string of the molecule is c1cc(-c2ccc3sc4ccc(-n5c6ccccc6c6c7sc8ccc(-n9c%10ccccc%10c%10ccccc%109)cc8c7ccc65)cc4c3c2)cc(-n2c3ccccc3c3ccccc32)c1. The molecule has 15 aromatic rings. The first-order valence-electron chi connectivity index (χ1n) is 22.2. The third kappa shape index (κ3) is 4.99. The lowest BCUT2D eigenvalue weighted by Crippen LogP contribution is -1.94. The van der Waals surface area contributed by atoms with E-state index >= 15 is 0 Å². The summed E-state index contributed by atoms with van der Waals surface area (Å²) < 4.78 is 12.6. The van der Waals surface area contributed by atoms with Crippen molar-refractivity contribution in [3.05, 3.63) is 212 Å². The lowest BCUT2D eigenvalue weighted by atomic mass is 10.0. The molecule has 0 fully saturated rings. The summed E-state index contributed by atoms with van der Waals surface area (Å²) in [5.74, 6) is 0. The molecule has 3 nitrogen and oxygen atoms in total. The maximum atomic E-state index is 2.49. The summed E-state index contributed by atoms with van der Waals surface area (Å²) in [4.78, 5) is 0. The summed E-state index contributed by atoms with van der Waals surface area (Å²) >= 11 is 3.79. The average Bonchev–Trinajstić information content (AvgIpc) is 4.17. The van der Waals surface area contributed by atoms with Crippen LogP contribution in [0.4, 0.5) is 0 Å². The second-order valence-electron chi connectivity index (χ2n) is 17.3. The average molecular weight is 862 g/mol. The van der Waals surface area contributed by atoms with Crippen molar-refractivity contribution < 1.29 is 0 Å². The molecule has 302 valence electrons. The molecular weight excluding hydrogens is 827 g/mol. The van der Waals surface area contributed by atoms with Gasteiger partial charge in [0.2, 0.25) is 0 Å². The van der Waals surface area contributed by atoms with E-state index in [1.807, 2.05) is 22.7 Å². The van der Waals surface area contributed by atoms with Crippen molar-refractivity contribution in [3.8, 4) is 28.2 Å². The fourth-order valence-electron chi connectivity index (χ4n) is 11.0. The predicted molar refractivity (Wildman–Crippen MR) is 281 cm³/mol. The molecule has 0 radical (unpaired) electrons. The van der Waals surface area contributed by atoms with E-state index in [1.165, 1.54) is 134 Å². The maximum Gasteiger partial charge on any atom is 0.0555 e. The maximum absolute atomic E-state index is 2.49. The molecule has 0 spiro atoms. The lowest BCUT2D eigenvalue weighted by molar-refractivity contribution is 1.18. The highest BCUT2D eigenvalue weighted by molar-refractivity contribution is 7.27. The summed E-state index contributed by atoms with van der Waals surface area (Å²) in [5, 5.41) is 12.9. The molecule has 0 saturated carbocycles. The largest absolute Gasteiger partial charge is 0.309 e. The molecule has 0 N–H and O–H groups in total. The van der Waals surface area contributed by atoms with Gasteiger partial charge in [-0.15, -0.1) is 22.7 Å². The Hall–Kier alpha value is -7.96. The third-order valence-corrected chi connectivity index (χ3v) is 16.2. The molecule has 10 aromatic carbocycles. The fraction of sp³-hybridized carbons (Fsp3) is 0. The Bertz CT molecular complexity index is 4390. The van der Waals surface area contributed by atoms with Crippen molar-refractivity contribution >= 4 is 128 Å². The lowest BCUT2D eigenvalue weighted by Gasteiger charge is -2.11. The van der Waals surface area contributed by atoms with Crippen molar-refractivity contribution in [2.24, 2.45) is 0 Å². The number of aromatic nitrogens is 3. The van der Waals surface area contributed by atoms with E-state index in [2.05, 4.69) is 226 Å². The molecule has 0 amide bonds. The van der Waals surface area contributed by atoms with E-state index in [1.54, 1.807) is 0 Å². The van der Waals surface area contributed by atoms with Crippen LogP contribution in [0.1, 0.15) is 0 Å². The normalized spacial score (nSPS) is 12.3. The second kappa shape index (κ2) is 13.3. The highest BCUT2D eigenvalue weighted by atomic mass is 32.1. The van der Waals surface area contributed by atoms with Gasteiger partial charge in [0.15, 0.2) is 0 Å². The number of benzene rings is 10. The Morgan fingerprint density at radius 2 is 0.677 bits per heavy atom. The Morgan fingerprint density at radius 1 is 0.246 bits per heavy atom. The summed E-state index contributed by atoms with van der Waals surface area (Å²) in [6.45, 7) is 0. The topological polar surface area (TPSA) is 14.8 Å². The molecule has 0 aliphatic carbocycles. The molecule has 15 rings (SSSR count). The van der Waals surface area contributed by atoms with Crippen LogP contribution in [0, 0.1) is 0 Å². The second-order valence-corrected chi connectivity index (χ2v) is 19.4. The molecular formula is C60H35N3S2. The minimum atomic E-state index is 1.17. The fourth-order valence-corrected chi connectivity index (χ4v) is 13.3. The molecule has 0 aliphatic rings. The predicted octanol–water partition coefficient (Wildman–Crippen LogP) is 17.4. The van der Waals surface area contributed by atoms with Gasteiger partial charge >= 0.3 is 0 Å². The zero-order valence-corrected chi connectivity index (χ0v) is 36.5. The van der Waals surface area contributed by atoms with Crippen LogP contribution in [-0.2, 0) is 0 Å². The van der Waals surface area contributed by atoms with Gasteiger partial charge < -0.3 is 13.7 Å². The van der Waals surface area contributed by atoms with Crippen LogP contribution in [0.3, 0.4) is 0 Å². The summed E-state index contributed by atoms with van der Waals surface area (Å²) in [6, 6.07) is 78.8. The molecule has 0 aliphatic heterocycles. The van der Waals surface area contributed by atoms with E-state index in [4.69, 9.17) is 0 Å². The number of para-hydroxylation sites is 5. The summed E-state index contributed by atoms with van der Waals surface area (Å²) in [5.41, 5.74) is 13.3. The van der Waals surface area contributed by atoms with Crippen LogP contribution < -0.4 is 0 Å². The Labute approximate surface area is 380 Å². The van der Waals surface area contributed by atoms with E-state index in [0.29, 0.717) is 0 Å². The van der Waals surface area contributed by atoms with Crippen molar-refractivity contribution in [2.75, 3.05) is 0 Å². The van der Waals surface area contributed by atoms with Crippen molar-refractivity contribution in [3.63, 3.8) is 0 Å². The van der Waals surface area contributed by atoms with Gasteiger partial charge in [0.05, 0.1) is 33.1 Å². The van der Waals surface area contributed by atoms with Crippen molar-refractivity contribution in [2.45, 2.75) is 0 Å². The summed E-state index contributed by atoms with van der Waals surface area (Å²) in [6.07, 6.45) is 0. The molecule has 0 saturated heterocycles. The number of nitrogens with zero attached hydrogens (tertiary/aromatic N) is 3. The van der Waals surface area contributed by atoms with E-state index in [-0.39, 0.29) is 0 Å². The zero-order chi connectivity index (χ0) is 42.3. The number of fused-ring (bicyclic) bond motifs is 16. The number of thiophene rings is 2. The van der Waals surface area contributed by atoms with Crippen LogP contribution in [0.5, 0.6) is 0 Å². The van der Waals surface area contributed by atoms with E-state index in [9.17, 15) is 0 Å². The monoisotopic (exact) mass is 861 g/mol. The van der Waals surface area contributed by atoms with Crippen LogP contribution in [0.25, 0.3) is 134 Å². The standard InChI is InChI=1S/C60H35N3S2/c1-6-19-50-41(14-1)42-15-2-7-20-51(42)61(50)38-13-11-12-36(32-38)37-24-29-56-47(33-37)49-35-40(25-30-57(49)64-56)63-54-23-10-5-18-46(54)59-55(63)28-27-45-48-34-39(26-31-58(48)65-60(45)59)62-52-21-8-3-16-43(52)44-17-4-9-22-53(44)62/h1-35H. The molecule has 0 bridgehead atoms. The molecule has 0 atom stereocenters. The van der Waals surface area contributed by atoms with Crippen LogP contribution >= 0.6 is 22.7 Å². The van der Waals surface area contributed by atoms with Gasteiger partial charge in [-0.2, -0.15) is 0 Å². The van der Waals surface area contributed by atoms with Gasteiger partial charge in [-0.05, 0) is 108 Å². The van der Waals surface area contributed by atoms with Crippen molar-refractivity contribution in [1.82, 2.24) is 13.7 Å². The number of rotatable bonds is 4. The van der Waals surface area contributed by atoms with Gasteiger partial charge in [-0.3, -0.25) is 0 Å². The highest BCUT2D eigenvalue weighted by Crippen LogP contribution is 2.46. The van der Waals surface area contributed by atoms with E-state index in [0.717, 1.165) is 0 Å². The quantitative estimate of drug-likeness (QED) is 0.167. The first-order chi connectivity index (χ1) is 32.2. The zero-order valence-electron chi connectivity index (χ0n) is 34.9. The Balaban J connectivity index is 0.881. The first kappa shape index (κ1) is 35.5. The molecule has 5 heterocycles. The van der Waals surface area contributed by atoms with Gasteiger partial charge in [0, 0.05) is 89.7 Å². The minimum absolute atomic E-state index is 1.17. The van der Waals surface area contributed by atoms with Crippen LogP contribution in [0.15, 0.2) is 212 Å². The minimum Gasteiger partial charge on any atom is -0.309 e. The van der Waals surface area contributed by atoms with Gasteiger partial charge in [0.25, 0.3) is 0 Å². The highest BCUT2D eigenvalue weighted by Gasteiger charge is 2.20. The van der Waals surface area contributed by atoms with Gasteiger partial charge in [-0.25, -0.2) is 0 Å². The van der Waals surface area contributed by atoms with E-state index < -0.39 is 0 Å². The Kier molecular flexibility index (Phi) is 7.26. The van der Waals surface area contributed by atoms with Crippen LogP contribution in [0.2, 0.25) is 0 Å².